The Hall–Kier alpha value is -2.43. The van der Waals surface area contributed by atoms with E-state index in [1.54, 1.807) is 16.3 Å². The Bertz CT molecular complexity index is 1110. The van der Waals surface area contributed by atoms with Gasteiger partial charge in [0.1, 0.15) is 0 Å². The molecule has 4 rings (SSSR count). The summed E-state index contributed by atoms with van der Waals surface area (Å²) in [6.45, 7) is 0. The van der Waals surface area contributed by atoms with E-state index in [1.807, 2.05) is 73.8 Å². The van der Waals surface area contributed by atoms with Crippen molar-refractivity contribution < 1.29 is 0 Å². The van der Waals surface area contributed by atoms with Crippen molar-refractivity contribution in [3.05, 3.63) is 95.3 Å². The first-order valence-corrected chi connectivity index (χ1v) is 9.95. The molecule has 0 aliphatic rings. The Labute approximate surface area is 160 Å². The predicted octanol–water partition coefficient (Wildman–Crippen LogP) is 5.84. The van der Waals surface area contributed by atoms with Crippen LogP contribution in [0.3, 0.4) is 0 Å². The van der Waals surface area contributed by atoms with Crippen molar-refractivity contribution >= 4 is 34.4 Å². The van der Waals surface area contributed by atoms with Gasteiger partial charge in [0.25, 0.3) is 5.56 Å². The first-order chi connectivity index (χ1) is 12.7. The summed E-state index contributed by atoms with van der Waals surface area (Å²) in [4.78, 5) is 17.1. The number of aryl methyl sites for hydroxylation is 1. The van der Waals surface area contributed by atoms with Crippen molar-refractivity contribution in [3.63, 3.8) is 0 Å². The van der Waals surface area contributed by atoms with Crippen LogP contribution >= 0.6 is 23.5 Å². The molecule has 0 N–H and O–H groups in total. The second-order valence-electron chi connectivity index (χ2n) is 5.87. The maximum absolute atomic E-state index is 13.1. The van der Waals surface area contributed by atoms with Crippen LogP contribution in [0.25, 0.3) is 10.9 Å². The van der Waals surface area contributed by atoms with Crippen LogP contribution in [0, 0.1) is 0 Å². The highest BCUT2D eigenvalue weighted by Gasteiger charge is 2.17. The van der Waals surface area contributed by atoms with Crippen LogP contribution in [-0.4, -0.2) is 4.57 Å². The van der Waals surface area contributed by atoms with E-state index in [2.05, 4.69) is 18.2 Å². The van der Waals surface area contributed by atoms with Crippen LogP contribution in [0.2, 0.25) is 0 Å². The Morgan fingerprint density at radius 2 is 1.15 bits per heavy atom. The molecule has 0 fully saturated rings. The van der Waals surface area contributed by atoms with Crippen LogP contribution in [0.15, 0.2) is 109 Å². The smallest absolute Gasteiger partial charge is 0.265 e. The first-order valence-electron chi connectivity index (χ1n) is 8.31. The van der Waals surface area contributed by atoms with E-state index < -0.39 is 0 Å². The Morgan fingerprint density at radius 1 is 0.654 bits per heavy atom. The summed E-state index contributed by atoms with van der Waals surface area (Å²) >= 11 is 3.19. The number of aromatic nitrogens is 1. The molecule has 3 aromatic carbocycles. The molecule has 128 valence electrons. The first kappa shape index (κ1) is 17.0. The second-order valence-corrected chi connectivity index (χ2v) is 8.04. The third-order valence-electron chi connectivity index (χ3n) is 4.14. The zero-order valence-corrected chi connectivity index (χ0v) is 15.9. The molecule has 2 nitrogen and oxygen atoms in total. The third kappa shape index (κ3) is 3.30. The minimum Gasteiger partial charge on any atom is -0.310 e. The summed E-state index contributed by atoms with van der Waals surface area (Å²) in [5.74, 6) is 0. The quantitative estimate of drug-likeness (QED) is 0.447. The van der Waals surface area contributed by atoms with Crippen molar-refractivity contribution in [2.24, 2.45) is 7.05 Å². The highest BCUT2D eigenvalue weighted by atomic mass is 32.2. The van der Waals surface area contributed by atoms with Gasteiger partial charge in [-0.1, -0.05) is 78.1 Å². The van der Waals surface area contributed by atoms with Crippen molar-refractivity contribution in [2.75, 3.05) is 0 Å². The largest absolute Gasteiger partial charge is 0.310 e. The van der Waals surface area contributed by atoms with Crippen LogP contribution in [0.1, 0.15) is 0 Å². The Morgan fingerprint density at radius 3 is 1.77 bits per heavy atom. The highest BCUT2D eigenvalue weighted by molar-refractivity contribution is 8.02. The molecule has 0 spiro atoms. The fourth-order valence-electron chi connectivity index (χ4n) is 2.84. The van der Waals surface area contributed by atoms with E-state index in [9.17, 15) is 4.79 Å². The maximum atomic E-state index is 13.1. The van der Waals surface area contributed by atoms with Crippen LogP contribution in [-0.2, 0) is 7.05 Å². The van der Waals surface area contributed by atoms with Crippen molar-refractivity contribution in [1.29, 1.82) is 0 Å². The van der Waals surface area contributed by atoms with Crippen LogP contribution < -0.4 is 5.56 Å². The summed E-state index contributed by atoms with van der Waals surface area (Å²) < 4.78 is 1.75. The number of para-hydroxylation sites is 1. The van der Waals surface area contributed by atoms with E-state index in [-0.39, 0.29) is 5.56 Å². The summed E-state index contributed by atoms with van der Waals surface area (Å²) in [5, 5.41) is 1.10. The van der Waals surface area contributed by atoms with E-state index in [4.69, 9.17) is 0 Å². The Balaban J connectivity index is 1.94. The fraction of sp³-hybridized carbons (Fsp3) is 0.0455. The molecule has 0 bridgehead atoms. The van der Waals surface area contributed by atoms with Crippen LogP contribution in [0.5, 0.6) is 0 Å². The lowest BCUT2D eigenvalue weighted by atomic mass is 10.2. The van der Waals surface area contributed by atoms with Crippen molar-refractivity contribution in [3.8, 4) is 0 Å². The number of nitrogens with zero attached hydrogens (tertiary/aromatic N) is 1. The van der Waals surface area contributed by atoms with Gasteiger partial charge in [-0.2, -0.15) is 0 Å². The van der Waals surface area contributed by atoms with Crippen molar-refractivity contribution in [1.82, 2.24) is 4.57 Å². The number of pyridine rings is 1. The van der Waals surface area contributed by atoms with Gasteiger partial charge in [-0.25, -0.2) is 0 Å². The third-order valence-corrected chi connectivity index (χ3v) is 6.50. The number of hydrogen-bond acceptors (Lipinski definition) is 3. The van der Waals surface area contributed by atoms with E-state index in [0.29, 0.717) is 0 Å². The maximum Gasteiger partial charge on any atom is 0.265 e. The second kappa shape index (κ2) is 7.44. The van der Waals surface area contributed by atoms with Gasteiger partial charge in [0.15, 0.2) is 0 Å². The minimum atomic E-state index is 0.0379. The van der Waals surface area contributed by atoms with Gasteiger partial charge in [0, 0.05) is 27.1 Å². The SMILES string of the molecule is Cn1c(=O)c(Sc2ccccc2)c(Sc2ccccc2)c2ccccc21. The van der Waals surface area contributed by atoms with Gasteiger partial charge < -0.3 is 4.57 Å². The monoisotopic (exact) mass is 375 g/mol. The van der Waals surface area contributed by atoms with Crippen molar-refractivity contribution in [2.45, 2.75) is 19.6 Å². The molecule has 4 aromatic rings. The van der Waals surface area contributed by atoms with Gasteiger partial charge in [0.2, 0.25) is 0 Å². The zero-order chi connectivity index (χ0) is 17.9. The van der Waals surface area contributed by atoms with Gasteiger partial charge in [-0.15, -0.1) is 0 Å². The molecule has 0 radical (unpaired) electrons. The molecular formula is C22H17NOS2. The van der Waals surface area contributed by atoms with Gasteiger partial charge >= 0.3 is 0 Å². The molecule has 0 aliphatic heterocycles. The molecule has 0 unspecified atom stereocenters. The highest BCUT2D eigenvalue weighted by Crippen LogP contribution is 2.40. The molecule has 0 atom stereocenters. The minimum absolute atomic E-state index is 0.0379. The van der Waals surface area contributed by atoms with E-state index >= 15 is 0 Å². The number of fused-ring (bicyclic) bond motifs is 1. The zero-order valence-electron chi connectivity index (χ0n) is 14.3. The number of benzene rings is 3. The summed E-state index contributed by atoms with van der Waals surface area (Å²) in [7, 11) is 1.84. The van der Waals surface area contributed by atoms with E-state index in [1.165, 1.54) is 11.8 Å². The predicted molar refractivity (Wildman–Crippen MR) is 110 cm³/mol. The van der Waals surface area contributed by atoms with Gasteiger partial charge in [-0.3, -0.25) is 4.79 Å². The summed E-state index contributed by atoms with van der Waals surface area (Å²) in [6, 6.07) is 28.4. The molecule has 0 saturated heterocycles. The van der Waals surface area contributed by atoms with E-state index in [0.717, 1.165) is 30.5 Å². The summed E-state index contributed by atoms with van der Waals surface area (Å²) in [6.07, 6.45) is 0. The molecule has 1 aromatic heterocycles. The Kier molecular flexibility index (Phi) is 4.87. The average Bonchev–Trinajstić information content (AvgIpc) is 2.70. The molecule has 26 heavy (non-hydrogen) atoms. The normalized spacial score (nSPS) is 11.0. The molecule has 0 amide bonds. The average molecular weight is 376 g/mol. The van der Waals surface area contributed by atoms with Gasteiger partial charge in [0.05, 0.1) is 10.4 Å². The van der Waals surface area contributed by atoms with Crippen LogP contribution in [0.4, 0.5) is 0 Å². The molecule has 0 saturated carbocycles. The standard InChI is InChI=1S/C22H17NOS2/c1-23-19-15-9-8-14-18(19)20(25-16-10-4-2-5-11-16)21(22(23)24)26-17-12-6-3-7-13-17/h2-15H,1H3. The lowest BCUT2D eigenvalue weighted by Crippen LogP contribution is -2.19. The molecule has 4 heteroatoms. The molecule has 1 heterocycles. The molecular weight excluding hydrogens is 358 g/mol. The number of hydrogen-bond donors (Lipinski definition) is 0. The summed E-state index contributed by atoms with van der Waals surface area (Å²) in [5.41, 5.74) is 0.990. The topological polar surface area (TPSA) is 22.0 Å². The lowest BCUT2D eigenvalue weighted by Gasteiger charge is -2.15. The lowest BCUT2D eigenvalue weighted by molar-refractivity contribution is 0.859. The van der Waals surface area contributed by atoms with Gasteiger partial charge in [-0.05, 0) is 30.3 Å². The molecule has 0 aliphatic carbocycles. The number of rotatable bonds is 4. The fourth-order valence-corrected chi connectivity index (χ4v) is 5.04.